The van der Waals surface area contributed by atoms with E-state index in [4.69, 9.17) is 5.73 Å². The topological polar surface area (TPSA) is 26.0 Å². The molecule has 2 heteroatoms. The zero-order valence-electron chi connectivity index (χ0n) is 8.76. The summed E-state index contributed by atoms with van der Waals surface area (Å²) in [4.78, 5) is 0. The largest absolute Gasteiger partial charge is 0.327 e. The van der Waals surface area contributed by atoms with E-state index in [1.165, 1.54) is 18.4 Å². The molecule has 2 N–H and O–H groups in total. The van der Waals surface area contributed by atoms with Crippen molar-refractivity contribution in [3.05, 3.63) is 12.2 Å². The van der Waals surface area contributed by atoms with E-state index in [2.05, 4.69) is 27.4 Å². The zero-order valence-corrected chi connectivity index (χ0v) is 9.58. The Morgan fingerprint density at radius 3 is 2.15 bits per heavy atom. The molecule has 0 aliphatic heterocycles. The van der Waals surface area contributed by atoms with E-state index >= 15 is 0 Å². The Kier molecular flexibility index (Phi) is 2.33. The molecule has 0 amide bonds. The van der Waals surface area contributed by atoms with Crippen LogP contribution in [0.15, 0.2) is 12.2 Å². The first-order valence-electron chi connectivity index (χ1n) is 4.86. The maximum atomic E-state index is 6.22. The molecule has 0 radical (unpaired) electrons. The molecule has 0 aromatic rings. The summed E-state index contributed by atoms with van der Waals surface area (Å²) in [7, 11) is 0. The molecule has 1 unspecified atom stereocenters. The van der Waals surface area contributed by atoms with Gasteiger partial charge in [-0.15, -0.1) is 12.4 Å². The Morgan fingerprint density at radius 2 is 1.92 bits per heavy atom. The van der Waals surface area contributed by atoms with Crippen LogP contribution in [0.4, 0.5) is 0 Å². The SMILES string of the molecule is C=C1[C@@H]2CC[C@@](C)(C2N)C1(C)C.Cl. The van der Waals surface area contributed by atoms with Crippen molar-refractivity contribution in [2.45, 2.75) is 39.7 Å². The van der Waals surface area contributed by atoms with Crippen LogP contribution in [0.5, 0.6) is 0 Å². The Hall–Kier alpha value is -0.0100. The average Bonchev–Trinajstić information content (AvgIpc) is 2.33. The molecule has 1 nitrogen and oxygen atoms in total. The Bertz CT molecular complexity index is 246. The Morgan fingerprint density at radius 1 is 1.38 bits per heavy atom. The summed E-state index contributed by atoms with van der Waals surface area (Å²) in [5.74, 6) is 0.602. The predicted molar refractivity (Wildman–Crippen MR) is 59.0 cm³/mol. The highest BCUT2D eigenvalue weighted by molar-refractivity contribution is 5.85. The lowest BCUT2D eigenvalue weighted by Gasteiger charge is -2.41. The van der Waals surface area contributed by atoms with Gasteiger partial charge in [-0.2, -0.15) is 0 Å². The lowest BCUT2D eigenvalue weighted by Crippen LogP contribution is -2.40. The van der Waals surface area contributed by atoms with E-state index in [9.17, 15) is 0 Å². The van der Waals surface area contributed by atoms with E-state index in [1.807, 2.05) is 0 Å². The normalized spacial score (nSPS) is 46.3. The molecule has 2 rings (SSSR count). The van der Waals surface area contributed by atoms with Crippen molar-refractivity contribution in [2.24, 2.45) is 22.5 Å². The van der Waals surface area contributed by atoms with Crippen molar-refractivity contribution in [3.8, 4) is 0 Å². The van der Waals surface area contributed by atoms with Gasteiger partial charge in [0, 0.05) is 6.04 Å². The van der Waals surface area contributed by atoms with Crippen molar-refractivity contribution in [1.29, 1.82) is 0 Å². The molecule has 13 heavy (non-hydrogen) atoms. The van der Waals surface area contributed by atoms with Gasteiger partial charge in [0.05, 0.1) is 0 Å². The van der Waals surface area contributed by atoms with Gasteiger partial charge in [-0.1, -0.05) is 32.9 Å². The highest BCUT2D eigenvalue weighted by Crippen LogP contribution is 2.65. The molecule has 2 aliphatic carbocycles. The van der Waals surface area contributed by atoms with Gasteiger partial charge in [-0.05, 0) is 29.6 Å². The van der Waals surface area contributed by atoms with Crippen LogP contribution in [0.25, 0.3) is 0 Å². The van der Waals surface area contributed by atoms with Crippen LogP contribution in [0.1, 0.15) is 33.6 Å². The molecule has 2 fully saturated rings. The third kappa shape index (κ3) is 0.977. The fourth-order valence-corrected chi connectivity index (χ4v) is 3.20. The van der Waals surface area contributed by atoms with Crippen molar-refractivity contribution in [3.63, 3.8) is 0 Å². The van der Waals surface area contributed by atoms with Crippen LogP contribution in [0, 0.1) is 16.7 Å². The highest BCUT2D eigenvalue weighted by Gasteiger charge is 2.61. The summed E-state index contributed by atoms with van der Waals surface area (Å²) in [5.41, 5.74) is 8.19. The van der Waals surface area contributed by atoms with Crippen LogP contribution >= 0.6 is 12.4 Å². The van der Waals surface area contributed by atoms with Crippen LogP contribution in [0.2, 0.25) is 0 Å². The summed E-state index contributed by atoms with van der Waals surface area (Å²) in [6.07, 6.45) is 2.55. The molecule has 3 atom stereocenters. The van der Waals surface area contributed by atoms with Gasteiger partial charge < -0.3 is 5.73 Å². The number of halogens is 1. The summed E-state index contributed by atoms with van der Waals surface area (Å²) < 4.78 is 0. The minimum Gasteiger partial charge on any atom is -0.327 e. The summed E-state index contributed by atoms with van der Waals surface area (Å²) in [5, 5.41) is 0. The molecule has 0 saturated heterocycles. The van der Waals surface area contributed by atoms with Crippen molar-refractivity contribution < 1.29 is 0 Å². The zero-order chi connectivity index (χ0) is 9.15. The first-order chi connectivity index (χ1) is 5.41. The maximum absolute atomic E-state index is 6.22. The number of fused-ring (bicyclic) bond motifs is 2. The molecular formula is C11H20ClN. The lowest BCUT2D eigenvalue weighted by atomic mass is 9.64. The maximum Gasteiger partial charge on any atom is 0.0167 e. The van der Waals surface area contributed by atoms with Gasteiger partial charge in [-0.25, -0.2) is 0 Å². The van der Waals surface area contributed by atoms with Crippen LogP contribution in [0.3, 0.4) is 0 Å². The number of hydrogen-bond donors (Lipinski definition) is 1. The van der Waals surface area contributed by atoms with Crippen molar-refractivity contribution >= 4 is 12.4 Å². The fraction of sp³-hybridized carbons (Fsp3) is 0.818. The van der Waals surface area contributed by atoms with E-state index in [-0.39, 0.29) is 17.8 Å². The molecule has 0 aromatic heterocycles. The van der Waals surface area contributed by atoms with Gasteiger partial charge in [0.2, 0.25) is 0 Å². The predicted octanol–water partition coefficient (Wildman–Crippen LogP) is 2.75. The van der Waals surface area contributed by atoms with Gasteiger partial charge in [0.15, 0.2) is 0 Å². The smallest absolute Gasteiger partial charge is 0.0167 e. The summed E-state index contributed by atoms with van der Waals surface area (Å²) in [6, 6.07) is 0.361. The minimum atomic E-state index is 0. The number of hydrogen-bond acceptors (Lipinski definition) is 1. The van der Waals surface area contributed by atoms with Crippen LogP contribution < -0.4 is 5.73 Å². The van der Waals surface area contributed by atoms with E-state index < -0.39 is 0 Å². The fourth-order valence-electron chi connectivity index (χ4n) is 3.20. The molecule has 0 spiro atoms. The highest BCUT2D eigenvalue weighted by atomic mass is 35.5. The monoisotopic (exact) mass is 201 g/mol. The van der Waals surface area contributed by atoms with Crippen molar-refractivity contribution in [1.82, 2.24) is 0 Å². The lowest BCUT2D eigenvalue weighted by molar-refractivity contribution is 0.142. The molecule has 0 aromatic carbocycles. The third-order valence-corrected chi connectivity index (χ3v) is 4.82. The molecule has 2 bridgehead atoms. The van der Waals surface area contributed by atoms with Crippen LogP contribution in [-0.4, -0.2) is 6.04 Å². The van der Waals surface area contributed by atoms with E-state index in [0.717, 1.165) is 0 Å². The molecule has 2 aliphatic rings. The molecule has 2 saturated carbocycles. The second-order valence-corrected chi connectivity index (χ2v) is 5.24. The van der Waals surface area contributed by atoms with Crippen molar-refractivity contribution in [2.75, 3.05) is 0 Å². The van der Waals surface area contributed by atoms with Gasteiger partial charge >= 0.3 is 0 Å². The van der Waals surface area contributed by atoms with Gasteiger partial charge in [0.1, 0.15) is 0 Å². The second kappa shape index (κ2) is 2.74. The van der Waals surface area contributed by atoms with E-state index in [0.29, 0.717) is 17.4 Å². The van der Waals surface area contributed by atoms with Gasteiger partial charge in [-0.3, -0.25) is 0 Å². The quantitative estimate of drug-likeness (QED) is 0.600. The first kappa shape index (κ1) is 11.1. The number of rotatable bonds is 0. The third-order valence-electron chi connectivity index (χ3n) is 4.82. The molecule has 0 heterocycles. The molecular weight excluding hydrogens is 182 g/mol. The summed E-state index contributed by atoms with van der Waals surface area (Å²) >= 11 is 0. The number of nitrogens with two attached hydrogens (primary N) is 1. The average molecular weight is 202 g/mol. The van der Waals surface area contributed by atoms with E-state index in [1.54, 1.807) is 0 Å². The summed E-state index contributed by atoms with van der Waals surface area (Å²) in [6.45, 7) is 11.1. The van der Waals surface area contributed by atoms with Crippen LogP contribution in [-0.2, 0) is 0 Å². The Balaban J connectivity index is 0.000000845. The first-order valence-corrected chi connectivity index (χ1v) is 4.86. The minimum absolute atomic E-state index is 0. The van der Waals surface area contributed by atoms with Gasteiger partial charge in [0.25, 0.3) is 0 Å². The standard InChI is InChI=1S/C11H19N.ClH/c1-7-8-5-6-11(4,9(8)12)10(7,2)3;/h8-9H,1,5-6,12H2,2-4H3;1H/t8-,9?,11-;/m0./s1. The Labute approximate surface area is 87.2 Å². The second-order valence-electron chi connectivity index (χ2n) is 5.24. The molecule has 76 valence electrons.